The lowest BCUT2D eigenvalue weighted by Crippen LogP contribution is -2.29. The van der Waals surface area contributed by atoms with Crippen LogP contribution < -0.4 is 0 Å². The first-order valence-electron chi connectivity index (χ1n) is 3.23. The van der Waals surface area contributed by atoms with Gasteiger partial charge in [-0.2, -0.15) is 0 Å². The van der Waals surface area contributed by atoms with Gasteiger partial charge in [-0.25, -0.2) is 4.79 Å². The number of allylic oxidation sites excluding steroid dienone is 1. The van der Waals surface area contributed by atoms with Gasteiger partial charge in [-0.05, 0) is 12.5 Å². The van der Waals surface area contributed by atoms with E-state index in [1.807, 2.05) is 13.0 Å². The molecule has 1 unspecified atom stereocenters. The van der Waals surface area contributed by atoms with Crippen molar-refractivity contribution >= 4 is 5.97 Å². The third-order valence-electron chi connectivity index (χ3n) is 1.54. The molecule has 1 atom stereocenters. The van der Waals surface area contributed by atoms with Crippen molar-refractivity contribution in [3.8, 4) is 0 Å². The molecule has 10 heavy (non-hydrogen) atoms. The van der Waals surface area contributed by atoms with Crippen molar-refractivity contribution in [1.29, 1.82) is 0 Å². The van der Waals surface area contributed by atoms with Gasteiger partial charge in [0.25, 0.3) is 0 Å². The highest BCUT2D eigenvalue weighted by Crippen LogP contribution is 2.13. The van der Waals surface area contributed by atoms with Crippen LogP contribution in [0.3, 0.4) is 0 Å². The average Bonchev–Trinajstić information content (AvgIpc) is 1.95. The summed E-state index contributed by atoms with van der Waals surface area (Å²) >= 11 is 0. The van der Waals surface area contributed by atoms with E-state index in [-0.39, 0.29) is 0 Å². The molecule has 0 bridgehead atoms. The highest BCUT2D eigenvalue weighted by atomic mass is 16.5. The molecule has 1 aliphatic heterocycles. The first-order chi connectivity index (χ1) is 4.74. The minimum atomic E-state index is -0.944. The smallest absolute Gasteiger partial charge is 0.335 e. The number of ether oxygens (including phenoxy) is 1. The summed E-state index contributed by atoms with van der Waals surface area (Å²) in [6.45, 7) is 2.20. The van der Waals surface area contributed by atoms with Crippen LogP contribution in [0.15, 0.2) is 11.6 Å². The minimum absolute atomic E-state index is 0.340. The van der Waals surface area contributed by atoms with Crippen LogP contribution in [0.25, 0.3) is 0 Å². The molecule has 3 heteroatoms. The molecule has 1 fully saturated rings. The summed E-state index contributed by atoms with van der Waals surface area (Å²) in [6.07, 6.45) is 1.34. The molecule has 1 saturated heterocycles. The first-order valence-corrected chi connectivity index (χ1v) is 3.23. The number of hydrogen-bond donors (Lipinski definition) is 1. The van der Waals surface area contributed by atoms with Crippen molar-refractivity contribution < 1.29 is 14.6 Å². The van der Waals surface area contributed by atoms with E-state index < -0.39 is 12.1 Å². The molecule has 0 saturated carbocycles. The number of aliphatic hydroxyl groups excluding tert-OH is 1. The van der Waals surface area contributed by atoms with Crippen molar-refractivity contribution in [2.75, 3.05) is 6.61 Å². The largest absolute Gasteiger partial charge is 0.459 e. The second kappa shape index (κ2) is 2.84. The Hall–Kier alpha value is -0.830. The highest BCUT2D eigenvalue weighted by Gasteiger charge is 2.23. The van der Waals surface area contributed by atoms with Crippen LogP contribution in [0.5, 0.6) is 0 Å². The summed E-state index contributed by atoms with van der Waals surface area (Å²) in [5, 5.41) is 8.96. The fraction of sp³-hybridized carbons (Fsp3) is 0.571. The number of carbonyl (C=O) groups excluding carboxylic acids is 1. The van der Waals surface area contributed by atoms with E-state index >= 15 is 0 Å². The molecule has 0 aromatic heterocycles. The Bertz CT molecular complexity index is 172. The third kappa shape index (κ3) is 1.36. The molecule has 0 aromatic rings. The fourth-order valence-electron chi connectivity index (χ4n) is 0.852. The van der Waals surface area contributed by atoms with Gasteiger partial charge in [-0.15, -0.1) is 0 Å². The van der Waals surface area contributed by atoms with Crippen molar-refractivity contribution in [2.24, 2.45) is 0 Å². The summed E-state index contributed by atoms with van der Waals surface area (Å²) < 4.78 is 4.64. The van der Waals surface area contributed by atoms with Crippen molar-refractivity contribution in [1.82, 2.24) is 0 Å². The first kappa shape index (κ1) is 7.28. The number of cyclic esters (lactones) is 1. The molecular weight excluding hydrogens is 132 g/mol. The minimum Gasteiger partial charge on any atom is -0.459 e. The standard InChI is InChI=1S/C7H10O3/c1-2-5-3-6(8)7(9)10-4-5/h2,6,8H,3-4H2,1H3/b5-2+. The molecule has 0 radical (unpaired) electrons. The van der Waals surface area contributed by atoms with Crippen LogP contribution in [0.1, 0.15) is 13.3 Å². The molecule has 0 spiro atoms. The van der Waals surface area contributed by atoms with Gasteiger partial charge >= 0.3 is 5.97 Å². The van der Waals surface area contributed by atoms with Gasteiger partial charge in [-0.1, -0.05) is 6.08 Å². The maximum absolute atomic E-state index is 10.6. The summed E-state index contributed by atoms with van der Waals surface area (Å²) in [6, 6.07) is 0. The lowest BCUT2D eigenvalue weighted by molar-refractivity contribution is -0.155. The van der Waals surface area contributed by atoms with Crippen LogP contribution in [-0.4, -0.2) is 23.8 Å². The lowest BCUT2D eigenvalue weighted by atomic mass is 10.1. The van der Waals surface area contributed by atoms with Crippen molar-refractivity contribution in [2.45, 2.75) is 19.4 Å². The molecule has 0 amide bonds. The van der Waals surface area contributed by atoms with Gasteiger partial charge < -0.3 is 9.84 Å². The molecule has 1 rings (SSSR count). The quantitative estimate of drug-likeness (QED) is 0.389. The van der Waals surface area contributed by atoms with Gasteiger partial charge in [0, 0.05) is 6.42 Å². The number of aliphatic hydroxyl groups is 1. The van der Waals surface area contributed by atoms with Crippen LogP contribution in [-0.2, 0) is 9.53 Å². The summed E-state index contributed by atoms with van der Waals surface area (Å²) in [5.41, 5.74) is 0.979. The Labute approximate surface area is 59.3 Å². The van der Waals surface area contributed by atoms with Crippen LogP contribution >= 0.6 is 0 Å². The van der Waals surface area contributed by atoms with Gasteiger partial charge in [0.05, 0.1) is 0 Å². The zero-order chi connectivity index (χ0) is 7.56. The summed E-state index contributed by atoms with van der Waals surface area (Å²) in [4.78, 5) is 10.6. The predicted molar refractivity (Wildman–Crippen MR) is 35.3 cm³/mol. The van der Waals surface area contributed by atoms with Crippen LogP contribution in [0.4, 0.5) is 0 Å². The van der Waals surface area contributed by atoms with E-state index in [4.69, 9.17) is 5.11 Å². The van der Waals surface area contributed by atoms with Gasteiger partial charge in [0.2, 0.25) is 0 Å². The molecular formula is C7H10O3. The Morgan fingerprint density at radius 3 is 3.00 bits per heavy atom. The molecule has 0 aliphatic carbocycles. The number of carbonyl (C=O) groups is 1. The second-order valence-electron chi connectivity index (χ2n) is 2.27. The Morgan fingerprint density at radius 2 is 2.50 bits per heavy atom. The maximum atomic E-state index is 10.6. The fourth-order valence-corrected chi connectivity index (χ4v) is 0.852. The van der Waals surface area contributed by atoms with Crippen molar-refractivity contribution in [3.05, 3.63) is 11.6 Å². The zero-order valence-electron chi connectivity index (χ0n) is 5.83. The van der Waals surface area contributed by atoms with E-state index in [1.54, 1.807) is 0 Å². The average molecular weight is 142 g/mol. The molecule has 1 aliphatic rings. The molecule has 3 nitrogen and oxygen atoms in total. The van der Waals surface area contributed by atoms with Crippen LogP contribution in [0, 0.1) is 0 Å². The van der Waals surface area contributed by atoms with Crippen molar-refractivity contribution in [3.63, 3.8) is 0 Å². The molecule has 0 aromatic carbocycles. The third-order valence-corrected chi connectivity index (χ3v) is 1.54. The second-order valence-corrected chi connectivity index (χ2v) is 2.27. The Balaban J connectivity index is 2.57. The van der Waals surface area contributed by atoms with Gasteiger partial charge in [0.1, 0.15) is 6.61 Å². The predicted octanol–water partition coefficient (Wildman–Crippen LogP) is 0.240. The molecule has 56 valence electrons. The Kier molecular flexibility index (Phi) is 2.06. The lowest BCUT2D eigenvalue weighted by Gasteiger charge is -2.18. The topological polar surface area (TPSA) is 46.5 Å². The summed E-state index contributed by atoms with van der Waals surface area (Å²) in [5.74, 6) is -0.509. The summed E-state index contributed by atoms with van der Waals surface area (Å²) in [7, 11) is 0. The zero-order valence-corrected chi connectivity index (χ0v) is 5.83. The normalized spacial score (nSPS) is 30.4. The van der Waals surface area contributed by atoms with Gasteiger partial charge in [-0.3, -0.25) is 0 Å². The van der Waals surface area contributed by atoms with Gasteiger partial charge in [0.15, 0.2) is 6.10 Å². The number of rotatable bonds is 0. The SMILES string of the molecule is C/C=C1/COC(=O)C(O)C1. The molecule has 1 N–H and O–H groups in total. The maximum Gasteiger partial charge on any atom is 0.335 e. The van der Waals surface area contributed by atoms with E-state index in [2.05, 4.69) is 4.74 Å². The Morgan fingerprint density at radius 1 is 1.80 bits per heavy atom. The van der Waals surface area contributed by atoms with Crippen LogP contribution in [0.2, 0.25) is 0 Å². The van der Waals surface area contributed by atoms with E-state index in [9.17, 15) is 4.79 Å². The molecule has 1 heterocycles. The number of esters is 1. The van der Waals surface area contributed by atoms with E-state index in [0.29, 0.717) is 13.0 Å². The van der Waals surface area contributed by atoms with E-state index in [1.165, 1.54) is 0 Å². The van der Waals surface area contributed by atoms with E-state index in [0.717, 1.165) is 5.57 Å². The highest BCUT2D eigenvalue weighted by molar-refractivity contribution is 5.76. The number of hydrogen-bond acceptors (Lipinski definition) is 3. The monoisotopic (exact) mass is 142 g/mol.